The number of carbonyl (C=O) groups is 1. The van der Waals surface area contributed by atoms with E-state index in [1.807, 2.05) is 4.90 Å². The molecule has 1 aliphatic rings. The highest BCUT2D eigenvalue weighted by Crippen LogP contribution is 2.30. The molecule has 0 aromatic heterocycles. The molecule has 1 saturated heterocycles. The van der Waals surface area contributed by atoms with E-state index in [-0.39, 0.29) is 16.9 Å². The van der Waals surface area contributed by atoms with Gasteiger partial charge < -0.3 is 19.7 Å². The fraction of sp³-hybridized carbons (Fsp3) is 0.238. The van der Waals surface area contributed by atoms with Crippen LogP contribution in [0.3, 0.4) is 0 Å². The summed E-state index contributed by atoms with van der Waals surface area (Å²) in [5, 5.41) is 12.6. The van der Waals surface area contributed by atoms with E-state index in [1.54, 1.807) is 30.3 Å². The second-order valence-corrected chi connectivity index (χ2v) is 6.74. The number of alkyl halides is 2. The maximum atomic E-state index is 12.8. The highest BCUT2D eigenvalue weighted by Gasteiger charge is 2.19. The highest BCUT2D eigenvalue weighted by atomic mass is 35.5. The third-order valence-corrected chi connectivity index (χ3v) is 4.59. The van der Waals surface area contributed by atoms with E-state index in [2.05, 4.69) is 10.1 Å². The van der Waals surface area contributed by atoms with E-state index >= 15 is 0 Å². The zero-order valence-electron chi connectivity index (χ0n) is 15.8. The molecule has 1 amide bonds. The first-order valence-electron chi connectivity index (χ1n) is 9.07. The van der Waals surface area contributed by atoms with Crippen molar-refractivity contribution >= 4 is 35.0 Å². The number of amides is 1. The molecule has 1 fully saturated rings. The first kappa shape index (κ1) is 21.6. The predicted octanol–water partition coefficient (Wildman–Crippen LogP) is 4.32. The summed E-state index contributed by atoms with van der Waals surface area (Å²) in [4.78, 5) is 14.8. The second-order valence-electron chi connectivity index (χ2n) is 6.30. The molecule has 0 unspecified atom stereocenters. The average molecular weight is 434 g/mol. The molecule has 156 valence electrons. The minimum Gasteiger partial charge on any atom is -0.434 e. The molecule has 0 bridgehead atoms. The van der Waals surface area contributed by atoms with Crippen LogP contribution in [0.2, 0.25) is 5.02 Å². The van der Waals surface area contributed by atoms with Crippen LogP contribution in [0.15, 0.2) is 48.0 Å². The maximum absolute atomic E-state index is 12.8. The summed E-state index contributed by atoms with van der Waals surface area (Å²) in [6, 6.07) is 12.8. The van der Waals surface area contributed by atoms with Crippen molar-refractivity contribution in [1.82, 2.24) is 0 Å². The van der Waals surface area contributed by atoms with Crippen LogP contribution in [-0.2, 0) is 9.53 Å². The van der Waals surface area contributed by atoms with Gasteiger partial charge in [-0.05, 0) is 30.3 Å². The van der Waals surface area contributed by atoms with Crippen LogP contribution < -0.4 is 15.0 Å². The van der Waals surface area contributed by atoms with E-state index in [1.165, 1.54) is 24.3 Å². The number of hydrogen-bond acceptors (Lipinski definition) is 5. The summed E-state index contributed by atoms with van der Waals surface area (Å²) in [5.74, 6) is -0.828. The summed E-state index contributed by atoms with van der Waals surface area (Å²) >= 11 is 6.09. The Hall–Kier alpha value is -3.15. The molecule has 3 rings (SSSR count). The Labute approximate surface area is 177 Å². The number of nitrogens with one attached hydrogen (secondary N) is 1. The average Bonchev–Trinajstić information content (AvgIpc) is 2.73. The van der Waals surface area contributed by atoms with Gasteiger partial charge in [-0.2, -0.15) is 14.0 Å². The van der Waals surface area contributed by atoms with Crippen LogP contribution in [0.4, 0.5) is 20.2 Å². The number of rotatable bonds is 6. The molecule has 0 atom stereocenters. The van der Waals surface area contributed by atoms with Crippen molar-refractivity contribution in [3.8, 4) is 11.8 Å². The molecule has 2 aromatic rings. The largest absolute Gasteiger partial charge is 0.434 e. The van der Waals surface area contributed by atoms with Crippen LogP contribution in [0.1, 0.15) is 5.56 Å². The van der Waals surface area contributed by atoms with Crippen molar-refractivity contribution in [2.75, 3.05) is 36.5 Å². The SMILES string of the molecule is N#CC(=Cc1ccccc1OC(F)F)C(=O)Nc1cc(Cl)ccc1N1CCOCC1. The lowest BCUT2D eigenvalue weighted by Crippen LogP contribution is -2.36. The maximum Gasteiger partial charge on any atom is 0.387 e. The number of anilines is 2. The standard InChI is InChI=1S/C21H18ClF2N3O3/c22-16-5-6-18(27-7-9-29-10-8-27)17(12-16)26-20(28)15(13-25)11-14-3-1-2-4-19(14)30-21(23)24/h1-6,11-12,21H,7-10H2,(H,26,28). The van der Waals surface area contributed by atoms with Crippen molar-refractivity contribution in [1.29, 1.82) is 5.26 Å². The van der Waals surface area contributed by atoms with Gasteiger partial charge in [-0.15, -0.1) is 0 Å². The van der Waals surface area contributed by atoms with Gasteiger partial charge in [0.2, 0.25) is 0 Å². The first-order valence-corrected chi connectivity index (χ1v) is 9.45. The zero-order valence-corrected chi connectivity index (χ0v) is 16.5. The lowest BCUT2D eigenvalue weighted by atomic mass is 10.1. The van der Waals surface area contributed by atoms with Gasteiger partial charge in [-0.3, -0.25) is 4.79 Å². The lowest BCUT2D eigenvalue weighted by Gasteiger charge is -2.30. The number of carbonyl (C=O) groups excluding carboxylic acids is 1. The summed E-state index contributed by atoms with van der Waals surface area (Å²) in [6.07, 6.45) is 1.20. The van der Waals surface area contributed by atoms with Crippen molar-refractivity contribution < 1.29 is 23.0 Å². The molecule has 2 aromatic carbocycles. The van der Waals surface area contributed by atoms with Gasteiger partial charge in [-0.25, -0.2) is 0 Å². The molecule has 1 N–H and O–H groups in total. The summed E-state index contributed by atoms with van der Waals surface area (Å²) in [7, 11) is 0. The molecule has 0 radical (unpaired) electrons. The third kappa shape index (κ3) is 5.47. The van der Waals surface area contributed by atoms with Gasteiger partial charge in [0.1, 0.15) is 17.4 Å². The van der Waals surface area contributed by atoms with E-state index in [4.69, 9.17) is 16.3 Å². The summed E-state index contributed by atoms with van der Waals surface area (Å²) in [6.45, 7) is -0.629. The van der Waals surface area contributed by atoms with Crippen LogP contribution >= 0.6 is 11.6 Å². The number of morpholine rings is 1. The van der Waals surface area contributed by atoms with E-state index in [0.717, 1.165) is 5.69 Å². The third-order valence-electron chi connectivity index (χ3n) is 4.36. The molecular weight excluding hydrogens is 416 g/mol. The normalized spacial score (nSPS) is 14.4. The van der Waals surface area contributed by atoms with E-state index in [0.29, 0.717) is 37.0 Å². The molecule has 30 heavy (non-hydrogen) atoms. The molecule has 1 heterocycles. The molecule has 0 saturated carbocycles. The van der Waals surface area contributed by atoms with Crippen LogP contribution in [0.25, 0.3) is 6.08 Å². The Balaban J connectivity index is 1.87. The molecule has 0 aliphatic carbocycles. The Kier molecular flexibility index (Phi) is 7.22. The van der Waals surface area contributed by atoms with Gasteiger partial charge >= 0.3 is 6.61 Å². The Morgan fingerprint density at radius 3 is 2.70 bits per heavy atom. The van der Waals surface area contributed by atoms with E-state index < -0.39 is 12.5 Å². The van der Waals surface area contributed by atoms with Crippen molar-refractivity contribution in [2.45, 2.75) is 6.61 Å². The minimum atomic E-state index is -3.03. The molecule has 6 nitrogen and oxygen atoms in total. The number of hydrogen-bond donors (Lipinski definition) is 1. The van der Waals surface area contributed by atoms with Crippen molar-refractivity contribution in [3.05, 3.63) is 58.6 Å². The fourth-order valence-electron chi connectivity index (χ4n) is 2.99. The zero-order chi connectivity index (χ0) is 21.5. The monoisotopic (exact) mass is 433 g/mol. The van der Waals surface area contributed by atoms with Gasteiger partial charge in [0.05, 0.1) is 24.6 Å². The number of para-hydroxylation sites is 1. The van der Waals surface area contributed by atoms with Gasteiger partial charge in [-0.1, -0.05) is 29.8 Å². The number of nitriles is 1. The summed E-state index contributed by atoms with van der Waals surface area (Å²) in [5.41, 5.74) is 1.10. The van der Waals surface area contributed by atoms with E-state index in [9.17, 15) is 18.8 Å². The van der Waals surface area contributed by atoms with Crippen molar-refractivity contribution in [3.63, 3.8) is 0 Å². The van der Waals surface area contributed by atoms with Crippen LogP contribution in [-0.4, -0.2) is 38.8 Å². The molecule has 1 aliphatic heterocycles. The highest BCUT2D eigenvalue weighted by molar-refractivity contribution is 6.31. The number of halogens is 3. The Morgan fingerprint density at radius 2 is 2.00 bits per heavy atom. The lowest BCUT2D eigenvalue weighted by molar-refractivity contribution is -0.112. The Bertz CT molecular complexity index is 986. The van der Waals surface area contributed by atoms with Gasteiger partial charge in [0.25, 0.3) is 5.91 Å². The summed E-state index contributed by atoms with van der Waals surface area (Å²) < 4.78 is 35.0. The topological polar surface area (TPSA) is 74.6 Å². The fourth-order valence-corrected chi connectivity index (χ4v) is 3.16. The molecule has 9 heteroatoms. The first-order chi connectivity index (χ1) is 14.5. The van der Waals surface area contributed by atoms with Crippen LogP contribution in [0.5, 0.6) is 5.75 Å². The predicted molar refractivity (Wildman–Crippen MR) is 110 cm³/mol. The van der Waals surface area contributed by atoms with Crippen LogP contribution in [0, 0.1) is 11.3 Å². The number of nitrogens with zero attached hydrogens (tertiary/aromatic N) is 2. The minimum absolute atomic E-state index is 0.134. The molecular formula is C21H18ClF2N3O3. The van der Waals surface area contributed by atoms with Gasteiger partial charge in [0, 0.05) is 23.7 Å². The van der Waals surface area contributed by atoms with Gasteiger partial charge in [0.15, 0.2) is 0 Å². The number of benzene rings is 2. The van der Waals surface area contributed by atoms with Crippen molar-refractivity contribution in [2.24, 2.45) is 0 Å². The second kappa shape index (κ2) is 10.1. The smallest absolute Gasteiger partial charge is 0.387 e. The molecule has 0 spiro atoms. The number of ether oxygens (including phenoxy) is 2. The Morgan fingerprint density at radius 1 is 1.27 bits per heavy atom. The quantitative estimate of drug-likeness (QED) is 0.542.